The van der Waals surface area contributed by atoms with E-state index >= 15 is 0 Å². The maximum atomic E-state index is 13.8. The van der Waals surface area contributed by atoms with Crippen LogP contribution in [0.2, 0.25) is 5.02 Å². The molecule has 0 amide bonds. The van der Waals surface area contributed by atoms with Crippen LogP contribution >= 0.6 is 11.6 Å². The van der Waals surface area contributed by atoms with Gasteiger partial charge in [0.25, 0.3) is 0 Å². The second kappa shape index (κ2) is 7.50. The lowest BCUT2D eigenvalue weighted by Gasteiger charge is -2.24. The van der Waals surface area contributed by atoms with Gasteiger partial charge >= 0.3 is 0 Å². The molecule has 0 aromatic heterocycles. The molecule has 3 aromatic carbocycles. The minimum atomic E-state index is -3.34. The molecule has 3 aromatic rings. The average molecular weight is 445 g/mol. The molecule has 0 radical (unpaired) electrons. The van der Waals surface area contributed by atoms with E-state index in [0.29, 0.717) is 27.7 Å². The summed E-state index contributed by atoms with van der Waals surface area (Å²) in [5.41, 5.74) is -0.00129. The largest absolute Gasteiger partial charge is 0.364 e. The van der Waals surface area contributed by atoms with Crippen LogP contribution in [0.25, 0.3) is 0 Å². The Labute approximate surface area is 179 Å². The van der Waals surface area contributed by atoms with Crippen molar-refractivity contribution in [3.63, 3.8) is 0 Å². The summed E-state index contributed by atoms with van der Waals surface area (Å²) in [6.07, 6.45) is 1.14. The van der Waals surface area contributed by atoms with E-state index in [-0.39, 0.29) is 11.4 Å². The molecule has 30 heavy (non-hydrogen) atoms. The average Bonchev–Trinajstić information content (AvgIpc) is 3.07. The van der Waals surface area contributed by atoms with Crippen LogP contribution in [0.15, 0.2) is 82.7 Å². The van der Waals surface area contributed by atoms with Crippen molar-refractivity contribution in [1.29, 1.82) is 0 Å². The quantitative estimate of drug-likeness (QED) is 0.660. The molecule has 1 atom stereocenters. The van der Waals surface area contributed by atoms with Crippen LogP contribution < -0.4 is 4.90 Å². The van der Waals surface area contributed by atoms with Crippen molar-refractivity contribution in [3.8, 4) is 0 Å². The number of hydrogen-bond acceptors (Lipinski definition) is 5. The molecule has 1 heterocycles. The summed E-state index contributed by atoms with van der Waals surface area (Å²) >= 11 is 6.00. The number of nitrogens with zero attached hydrogens (tertiary/aromatic N) is 2. The zero-order chi connectivity index (χ0) is 21.5. The maximum Gasteiger partial charge on any atom is 0.202 e. The lowest BCUT2D eigenvalue weighted by Crippen LogP contribution is -2.34. The summed E-state index contributed by atoms with van der Waals surface area (Å²) in [4.78, 5) is 6.49. The smallest absolute Gasteiger partial charge is 0.202 e. The summed E-state index contributed by atoms with van der Waals surface area (Å²) in [5.74, 6) is -0.00865. The first kappa shape index (κ1) is 20.5. The van der Waals surface area contributed by atoms with Crippen LogP contribution in [0.4, 0.5) is 10.1 Å². The van der Waals surface area contributed by atoms with Gasteiger partial charge in [-0.15, -0.1) is 0 Å². The summed E-state index contributed by atoms with van der Waals surface area (Å²) in [6.45, 7) is 0.0344. The van der Waals surface area contributed by atoms with Crippen LogP contribution in [0.1, 0.15) is 11.1 Å². The fraction of sp³-hybridized carbons (Fsp3) is 0.136. The van der Waals surface area contributed by atoms with E-state index in [9.17, 15) is 17.9 Å². The highest BCUT2D eigenvalue weighted by Gasteiger charge is 2.40. The highest BCUT2D eigenvalue weighted by Crippen LogP contribution is 2.35. The van der Waals surface area contributed by atoms with Crippen molar-refractivity contribution in [1.82, 2.24) is 0 Å². The highest BCUT2D eigenvalue weighted by molar-refractivity contribution is 7.90. The first-order chi connectivity index (χ1) is 14.2. The molecule has 1 unspecified atom stereocenters. The summed E-state index contributed by atoms with van der Waals surface area (Å²) in [5, 5.41) is 11.8. The van der Waals surface area contributed by atoms with Gasteiger partial charge in [-0.3, -0.25) is 0 Å². The van der Waals surface area contributed by atoms with Gasteiger partial charge in [0.2, 0.25) is 5.72 Å². The predicted molar refractivity (Wildman–Crippen MR) is 115 cm³/mol. The van der Waals surface area contributed by atoms with Gasteiger partial charge in [-0.1, -0.05) is 23.7 Å². The van der Waals surface area contributed by atoms with E-state index in [0.717, 1.165) is 6.26 Å². The number of sulfone groups is 1. The number of amidine groups is 1. The molecule has 5 nitrogen and oxygen atoms in total. The second-order valence-electron chi connectivity index (χ2n) is 7.12. The Kier molecular flexibility index (Phi) is 5.13. The number of benzene rings is 3. The van der Waals surface area contributed by atoms with Crippen LogP contribution in [-0.2, 0) is 15.6 Å². The Morgan fingerprint density at radius 3 is 2.33 bits per heavy atom. The van der Waals surface area contributed by atoms with Crippen molar-refractivity contribution < 1.29 is 17.9 Å². The molecule has 154 valence electrons. The lowest BCUT2D eigenvalue weighted by atomic mass is 10.0. The van der Waals surface area contributed by atoms with Gasteiger partial charge < -0.3 is 10.0 Å². The molecule has 1 N–H and O–H groups in total. The highest BCUT2D eigenvalue weighted by atomic mass is 35.5. The van der Waals surface area contributed by atoms with Gasteiger partial charge in [-0.2, -0.15) is 0 Å². The topological polar surface area (TPSA) is 70.0 Å². The third kappa shape index (κ3) is 3.96. The Balaban J connectivity index is 1.80. The van der Waals surface area contributed by atoms with E-state index in [1.165, 1.54) is 30.3 Å². The second-order valence-corrected chi connectivity index (χ2v) is 9.57. The van der Waals surface area contributed by atoms with E-state index in [2.05, 4.69) is 4.99 Å². The molecular weight excluding hydrogens is 427 g/mol. The van der Waals surface area contributed by atoms with Gasteiger partial charge in [-0.05, 0) is 60.7 Å². The van der Waals surface area contributed by atoms with Gasteiger partial charge in [-0.25, -0.2) is 17.8 Å². The monoisotopic (exact) mass is 444 g/mol. The van der Waals surface area contributed by atoms with Crippen molar-refractivity contribution >= 4 is 33.0 Å². The van der Waals surface area contributed by atoms with Crippen LogP contribution in [0, 0.1) is 5.82 Å². The predicted octanol–water partition coefficient (Wildman–Crippen LogP) is 3.99. The molecule has 0 saturated carbocycles. The van der Waals surface area contributed by atoms with Crippen molar-refractivity contribution in [2.75, 3.05) is 17.7 Å². The van der Waals surface area contributed by atoms with Crippen LogP contribution in [0.3, 0.4) is 0 Å². The molecule has 0 aliphatic carbocycles. The Bertz CT molecular complexity index is 1230. The molecule has 0 bridgehead atoms. The molecule has 0 spiro atoms. The normalized spacial score (nSPS) is 19.1. The van der Waals surface area contributed by atoms with Crippen molar-refractivity contribution in [2.24, 2.45) is 4.99 Å². The molecule has 0 saturated heterocycles. The van der Waals surface area contributed by atoms with Gasteiger partial charge in [0.15, 0.2) is 9.84 Å². The molecule has 0 fully saturated rings. The number of aliphatic imine (C=N–C) groups is 1. The van der Waals surface area contributed by atoms with Gasteiger partial charge in [0.1, 0.15) is 11.7 Å². The zero-order valence-electron chi connectivity index (χ0n) is 16.0. The Morgan fingerprint density at radius 1 is 1.07 bits per heavy atom. The van der Waals surface area contributed by atoms with Crippen molar-refractivity contribution in [3.05, 3.63) is 94.8 Å². The van der Waals surface area contributed by atoms with Crippen LogP contribution in [0.5, 0.6) is 0 Å². The standard InChI is InChI=1S/C22H18ClFN2O3S/c1-30(28,29)20-11-9-19(10-12-20)26-14-22(27,16-3-2-4-18(24)13-16)25-21(26)15-5-7-17(23)8-6-15/h2-13,27H,14H2,1H3. The number of aliphatic hydroxyl groups is 1. The minimum absolute atomic E-state index is 0.0344. The Morgan fingerprint density at radius 2 is 1.73 bits per heavy atom. The molecule has 1 aliphatic rings. The van der Waals surface area contributed by atoms with Gasteiger partial charge in [0, 0.05) is 28.1 Å². The first-order valence-corrected chi connectivity index (χ1v) is 11.3. The number of halogens is 2. The SMILES string of the molecule is CS(=O)(=O)c1ccc(N2CC(O)(c3cccc(F)c3)N=C2c2ccc(Cl)cc2)cc1. The molecule has 1 aliphatic heterocycles. The molecular formula is C22H18ClFN2O3S. The van der Waals surface area contributed by atoms with Crippen molar-refractivity contribution in [2.45, 2.75) is 10.6 Å². The third-order valence-electron chi connectivity index (χ3n) is 4.89. The number of hydrogen-bond donors (Lipinski definition) is 1. The van der Waals surface area contributed by atoms with E-state index in [1.807, 2.05) is 0 Å². The van der Waals surface area contributed by atoms with E-state index in [1.54, 1.807) is 47.4 Å². The number of β-amino-alcohol motifs (C(OH)–C–C–N with tert-alkyl or cyclic N) is 1. The van der Waals surface area contributed by atoms with E-state index < -0.39 is 21.4 Å². The number of anilines is 1. The fourth-order valence-electron chi connectivity index (χ4n) is 3.37. The summed E-state index contributed by atoms with van der Waals surface area (Å²) in [7, 11) is -3.34. The molecule has 8 heteroatoms. The first-order valence-electron chi connectivity index (χ1n) is 9.08. The fourth-order valence-corrected chi connectivity index (χ4v) is 4.12. The summed E-state index contributed by atoms with van der Waals surface area (Å²) < 4.78 is 37.3. The van der Waals surface area contributed by atoms with Crippen LogP contribution in [-0.4, -0.2) is 32.2 Å². The minimum Gasteiger partial charge on any atom is -0.364 e. The molecule has 4 rings (SSSR count). The Hall–Kier alpha value is -2.74. The maximum absolute atomic E-state index is 13.8. The third-order valence-corrected chi connectivity index (χ3v) is 6.27. The lowest BCUT2D eigenvalue weighted by molar-refractivity contribution is 0.0644. The van der Waals surface area contributed by atoms with E-state index in [4.69, 9.17) is 11.6 Å². The summed E-state index contributed by atoms with van der Waals surface area (Å²) in [6, 6.07) is 19.0. The zero-order valence-corrected chi connectivity index (χ0v) is 17.5. The number of rotatable bonds is 4. The van der Waals surface area contributed by atoms with Gasteiger partial charge in [0.05, 0.1) is 11.4 Å².